The van der Waals surface area contributed by atoms with Crippen molar-refractivity contribution in [1.29, 1.82) is 0 Å². The number of amides is 1. The van der Waals surface area contributed by atoms with E-state index in [1.807, 2.05) is 0 Å². The lowest BCUT2D eigenvalue weighted by Crippen LogP contribution is -2.46. The van der Waals surface area contributed by atoms with E-state index in [0.29, 0.717) is 13.0 Å². The number of hydrogen-bond donors (Lipinski definition) is 1. The fourth-order valence-corrected chi connectivity index (χ4v) is 3.41. The Morgan fingerprint density at radius 3 is 2.62 bits per heavy atom. The van der Waals surface area contributed by atoms with Crippen molar-refractivity contribution < 1.29 is 13.2 Å². The van der Waals surface area contributed by atoms with E-state index in [-0.39, 0.29) is 18.2 Å². The predicted molar refractivity (Wildman–Crippen MR) is 61.3 cm³/mol. The second-order valence-electron chi connectivity index (χ2n) is 4.11. The summed E-state index contributed by atoms with van der Waals surface area (Å²) in [5.41, 5.74) is 5.26. The first-order valence-electron chi connectivity index (χ1n) is 5.31. The zero-order valence-corrected chi connectivity index (χ0v) is 10.5. The lowest BCUT2D eigenvalue weighted by atomic mass is 10.2. The quantitative estimate of drug-likeness (QED) is 0.680. The topological polar surface area (TPSA) is 83.7 Å². The molecular weight excluding hydrogens is 230 g/mol. The van der Waals surface area contributed by atoms with Gasteiger partial charge in [0, 0.05) is 27.2 Å². The maximum absolute atomic E-state index is 11.8. The van der Waals surface area contributed by atoms with E-state index in [9.17, 15) is 13.2 Å². The van der Waals surface area contributed by atoms with E-state index in [4.69, 9.17) is 5.73 Å². The number of likely N-dealkylation sites (N-methyl/N-ethyl adjacent to an activating group) is 1. The summed E-state index contributed by atoms with van der Waals surface area (Å²) < 4.78 is 25.0. The molecule has 0 aromatic carbocycles. The van der Waals surface area contributed by atoms with Crippen LogP contribution < -0.4 is 5.73 Å². The molecule has 0 aromatic rings. The van der Waals surface area contributed by atoms with E-state index in [1.54, 1.807) is 14.1 Å². The van der Waals surface area contributed by atoms with Crippen molar-refractivity contribution >= 4 is 15.9 Å². The van der Waals surface area contributed by atoms with Gasteiger partial charge in [0.15, 0.2) is 0 Å². The van der Waals surface area contributed by atoms with Crippen LogP contribution in [-0.2, 0) is 14.8 Å². The van der Waals surface area contributed by atoms with E-state index < -0.39 is 16.1 Å². The molecule has 1 amide bonds. The van der Waals surface area contributed by atoms with Gasteiger partial charge in [-0.15, -0.1) is 0 Å². The third kappa shape index (κ3) is 2.72. The normalized spacial score (nSPS) is 22.3. The highest BCUT2D eigenvalue weighted by Gasteiger charge is 2.38. The highest BCUT2D eigenvalue weighted by molar-refractivity contribution is 7.89. The second kappa shape index (κ2) is 5.11. The first-order chi connectivity index (χ1) is 7.40. The molecule has 94 valence electrons. The molecule has 1 heterocycles. The molecule has 0 bridgehead atoms. The molecule has 0 aliphatic carbocycles. The average Bonchev–Trinajstić information content (AvgIpc) is 2.65. The Kier molecular flexibility index (Phi) is 4.28. The van der Waals surface area contributed by atoms with Gasteiger partial charge in [0.1, 0.15) is 6.04 Å². The van der Waals surface area contributed by atoms with Crippen LogP contribution in [0.2, 0.25) is 0 Å². The first-order valence-corrected chi connectivity index (χ1v) is 6.92. The van der Waals surface area contributed by atoms with E-state index in [1.165, 1.54) is 9.21 Å². The smallest absolute Gasteiger partial charge is 0.240 e. The molecule has 0 saturated carbocycles. The van der Waals surface area contributed by atoms with Crippen LogP contribution in [0.25, 0.3) is 0 Å². The largest absolute Gasteiger partial charge is 0.347 e. The van der Waals surface area contributed by atoms with Crippen molar-refractivity contribution in [3.8, 4) is 0 Å². The molecule has 1 atom stereocenters. The zero-order valence-electron chi connectivity index (χ0n) is 9.72. The van der Waals surface area contributed by atoms with Crippen LogP contribution in [0.1, 0.15) is 12.8 Å². The summed E-state index contributed by atoms with van der Waals surface area (Å²) in [7, 11) is -0.110. The summed E-state index contributed by atoms with van der Waals surface area (Å²) >= 11 is 0. The minimum absolute atomic E-state index is 0.0850. The Bertz CT molecular complexity index is 353. The SMILES string of the molecule is CN(C)C(=O)C1CCCN1S(=O)(=O)CCN. The molecule has 6 nitrogen and oxygen atoms in total. The number of sulfonamides is 1. The molecule has 1 saturated heterocycles. The van der Waals surface area contributed by atoms with Crippen molar-refractivity contribution in [2.45, 2.75) is 18.9 Å². The van der Waals surface area contributed by atoms with Crippen LogP contribution in [0, 0.1) is 0 Å². The summed E-state index contributed by atoms with van der Waals surface area (Å²) in [6.45, 7) is 0.508. The van der Waals surface area contributed by atoms with Gasteiger partial charge in [-0.2, -0.15) is 4.31 Å². The van der Waals surface area contributed by atoms with Crippen LogP contribution >= 0.6 is 0 Å². The Balaban J connectivity index is 2.85. The van der Waals surface area contributed by atoms with Crippen LogP contribution in [0.4, 0.5) is 0 Å². The maximum atomic E-state index is 11.8. The number of rotatable bonds is 4. The molecule has 0 aromatic heterocycles. The standard InChI is InChI=1S/C9H19N3O3S/c1-11(2)9(13)8-4-3-6-12(8)16(14,15)7-5-10/h8H,3-7,10H2,1-2H3. The minimum atomic E-state index is -3.38. The molecule has 7 heteroatoms. The highest BCUT2D eigenvalue weighted by atomic mass is 32.2. The fourth-order valence-electron chi connectivity index (χ4n) is 1.88. The number of hydrogen-bond acceptors (Lipinski definition) is 4. The Labute approximate surface area is 96.4 Å². The first kappa shape index (κ1) is 13.4. The van der Waals surface area contributed by atoms with Gasteiger partial charge in [-0.25, -0.2) is 8.42 Å². The molecular formula is C9H19N3O3S. The van der Waals surface area contributed by atoms with Gasteiger partial charge in [0.05, 0.1) is 5.75 Å². The monoisotopic (exact) mass is 249 g/mol. The van der Waals surface area contributed by atoms with Crippen molar-refractivity contribution in [3.05, 3.63) is 0 Å². The third-order valence-electron chi connectivity index (χ3n) is 2.66. The highest BCUT2D eigenvalue weighted by Crippen LogP contribution is 2.22. The van der Waals surface area contributed by atoms with Gasteiger partial charge in [0.2, 0.25) is 15.9 Å². The van der Waals surface area contributed by atoms with Crippen molar-refractivity contribution in [2.24, 2.45) is 5.73 Å². The van der Waals surface area contributed by atoms with Crippen molar-refractivity contribution in [3.63, 3.8) is 0 Å². The molecule has 0 radical (unpaired) electrons. The van der Waals surface area contributed by atoms with Gasteiger partial charge < -0.3 is 10.6 Å². The molecule has 16 heavy (non-hydrogen) atoms. The van der Waals surface area contributed by atoms with E-state index in [0.717, 1.165) is 6.42 Å². The number of carbonyl (C=O) groups excluding carboxylic acids is 1. The lowest BCUT2D eigenvalue weighted by molar-refractivity contribution is -0.132. The molecule has 1 unspecified atom stereocenters. The summed E-state index contributed by atoms with van der Waals surface area (Å²) in [4.78, 5) is 13.2. The maximum Gasteiger partial charge on any atom is 0.240 e. The number of carbonyl (C=O) groups is 1. The Morgan fingerprint density at radius 1 is 1.50 bits per heavy atom. The molecule has 1 rings (SSSR count). The van der Waals surface area contributed by atoms with Crippen molar-refractivity contribution in [2.75, 3.05) is 32.9 Å². The molecule has 2 N–H and O–H groups in total. The molecule has 0 spiro atoms. The summed E-state index contributed by atoms with van der Waals surface area (Å²) in [6.07, 6.45) is 1.33. The van der Waals surface area contributed by atoms with Crippen LogP contribution in [0.15, 0.2) is 0 Å². The van der Waals surface area contributed by atoms with Gasteiger partial charge >= 0.3 is 0 Å². The van der Waals surface area contributed by atoms with Gasteiger partial charge in [-0.1, -0.05) is 0 Å². The van der Waals surface area contributed by atoms with Gasteiger partial charge in [-0.3, -0.25) is 4.79 Å². The fraction of sp³-hybridized carbons (Fsp3) is 0.889. The Morgan fingerprint density at radius 2 is 2.12 bits per heavy atom. The molecule has 1 aliphatic heterocycles. The van der Waals surface area contributed by atoms with E-state index >= 15 is 0 Å². The van der Waals surface area contributed by atoms with E-state index in [2.05, 4.69) is 0 Å². The number of nitrogens with two attached hydrogens (primary N) is 1. The summed E-state index contributed by atoms with van der Waals surface area (Å²) in [6, 6.07) is -0.536. The van der Waals surface area contributed by atoms with Gasteiger partial charge in [-0.05, 0) is 12.8 Å². The molecule has 1 fully saturated rings. The second-order valence-corrected chi connectivity index (χ2v) is 6.15. The van der Waals surface area contributed by atoms with Gasteiger partial charge in [0.25, 0.3) is 0 Å². The predicted octanol–water partition coefficient (Wildman–Crippen LogP) is -1.17. The average molecular weight is 249 g/mol. The summed E-state index contributed by atoms with van der Waals surface area (Å²) in [5.74, 6) is -0.248. The lowest BCUT2D eigenvalue weighted by Gasteiger charge is -2.25. The Hall–Kier alpha value is -0.660. The summed E-state index contributed by atoms with van der Waals surface area (Å²) in [5, 5.41) is 0. The van der Waals surface area contributed by atoms with Crippen LogP contribution in [0.5, 0.6) is 0 Å². The third-order valence-corrected chi connectivity index (χ3v) is 4.57. The van der Waals surface area contributed by atoms with Crippen LogP contribution in [0.3, 0.4) is 0 Å². The van der Waals surface area contributed by atoms with Crippen molar-refractivity contribution in [1.82, 2.24) is 9.21 Å². The molecule has 1 aliphatic rings. The minimum Gasteiger partial charge on any atom is -0.347 e. The zero-order chi connectivity index (χ0) is 12.3. The van der Waals surface area contributed by atoms with Crippen LogP contribution in [-0.4, -0.2) is 62.5 Å². The number of nitrogens with zero attached hydrogens (tertiary/aromatic N) is 2.